The van der Waals surface area contributed by atoms with Gasteiger partial charge in [0.1, 0.15) is 17.1 Å². The molecule has 1 saturated heterocycles. The molecule has 110 valence electrons. The summed E-state index contributed by atoms with van der Waals surface area (Å²) in [6.45, 7) is 7.90. The standard InChI is InChI=1S/C14H21N3O2S/c1-5-14(6-2)13(19)17(8-11(18)16-14)10(4)12-15-7-9(3)20-12/h7,10H,5-6,8H2,1-4H3,(H,16,18). The smallest absolute Gasteiger partial charge is 0.249 e. The van der Waals surface area contributed by atoms with Crippen molar-refractivity contribution in [1.29, 1.82) is 0 Å². The highest BCUT2D eigenvalue weighted by Gasteiger charge is 2.45. The van der Waals surface area contributed by atoms with Crippen molar-refractivity contribution in [1.82, 2.24) is 15.2 Å². The van der Waals surface area contributed by atoms with Crippen molar-refractivity contribution in [3.8, 4) is 0 Å². The second-order valence-electron chi connectivity index (χ2n) is 5.26. The maximum Gasteiger partial charge on any atom is 0.249 e. The van der Waals surface area contributed by atoms with E-state index in [-0.39, 0.29) is 24.4 Å². The Balaban J connectivity index is 2.30. The fourth-order valence-electron chi connectivity index (χ4n) is 2.60. The molecule has 2 heterocycles. The lowest BCUT2D eigenvalue weighted by molar-refractivity contribution is -0.152. The highest BCUT2D eigenvalue weighted by Crippen LogP contribution is 2.30. The van der Waals surface area contributed by atoms with E-state index < -0.39 is 5.54 Å². The second kappa shape index (κ2) is 5.52. The number of carbonyl (C=O) groups is 2. The molecule has 0 saturated carbocycles. The van der Waals surface area contributed by atoms with Crippen LogP contribution in [0.2, 0.25) is 0 Å². The lowest BCUT2D eigenvalue weighted by atomic mass is 9.88. The summed E-state index contributed by atoms with van der Waals surface area (Å²) in [6.07, 6.45) is 3.01. The summed E-state index contributed by atoms with van der Waals surface area (Å²) < 4.78 is 0. The van der Waals surface area contributed by atoms with Crippen LogP contribution in [0.1, 0.15) is 49.5 Å². The second-order valence-corrected chi connectivity index (χ2v) is 6.52. The highest BCUT2D eigenvalue weighted by atomic mass is 32.1. The van der Waals surface area contributed by atoms with Gasteiger partial charge >= 0.3 is 0 Å². The van der Waals surface area contributed by atoms with Crippen LogP contribution >= 0.6 is 11.3 Å². The monoisotopic (exact) mass is 295 g/mol. The predicted molar refractivity (Wildman–Crippen MR) is 78.4 cm³/mol. The number of aryl methyl sites for hydroxylation is 1. The molecule has 1 N–H and O–H groups in total. The Morgan fingerprint density at radius 3 is 2.60 bits per heavy atom. The first kappa shape index (κ1) is 15.0. The molecule has 2 amide bonds. The third-order valence-corrected chi connectivity index (χ3v) is 5.12. The molecule has 6 heteroatoms. The molecule has 0 spiro atoms. The number of amides is 2. The summed E-state index contributed by atoms with van der Waals surface area (Å²) >= 11 is 1.57. The summed E-state index contributed by atoms with van der Waals surface area (Å²) in [5.74, 6) is -0.0871. The summed E-state index contributed by atoms with van der Waals surface area (Å²) in [5, 5.41) is 3.75. The van der Waals surface area contributed by atoms with E-state index in [1.54, 1.807) is 22.4 Å². The quantitative estimate of drug-likeness (QED) is 0.924. The molecule has 0 bridgehead atoms. The molecule has 1 aliphatic heterocycles. The van der Waals surface area contributed by atoms with Gasteiger partial charge in [-0.2, -0.15) is 0 Å². The van der Waals surface area contributed by atoms with Gasteiger partial charge in [-0.3, -0.25) is 9.59 Å². The molecule has 1 aliphatic rings. The molecule has 1 unspecified atom stereocenters. The fraction of sp³-hybridized carbons (Fsp3) is 0.643. The van der Waals surface area contributed by atoms with Gasteiger partial charge < -0.3 is 10.2 Å². The largest absolute Gasteiger partial charge is 0.340 e. The number of piperazine rings is 1. The van der Waals surface area contributed by atoms with Crippen LogP contribution in [0.4, 0.5) is 0 Å². The number of carbonyl (C=O) groups excluding carboxylic acids is 2. The van der Waals surface area contributed by atoms with Gasteiger partial charge in [-0.25, -0.2) is 4.98 Å². The zero-order valence-corrected chi connectivity index (χ0v) is 13.2. The van der Waals surface area contributed by atoms with Crippen LogP contribution in [-0.2, 0) is 9.59 Å². The summed E-state index contributed by atoms with van der Waals surface area (Å²) in [4.78, 5) is 31.8. The lowest BCUT2D eigenvalue weighted by Gasteiger charge is -2.43. The van der Waals surface area contributed by atoms with E-state index in [0.717, 1.165) is 9.88 Å². The van der Waals surface area contributed by atoms with Gasteiger partial charge in [0.05, 0.1) is 6.04 Å². The fourth-order valence-corrected chi connectivity index (χ4v) is 3.44. The summed E-state index contributed by atoms with van der Waals surface area (Å²) in [6, 6.07) is -0.162. The minimum atomic E-state index is -0.754. The van der Waals surface area contributed by atoms with Crippen LogP contribution in [0.5, 0.6) is 0 Å². The Morgan fingerprint density at radius 2 is 2.10 bits per heavy atom. The maximum atomic E-state index is 12.8. The van der Waals surface area contributed by atoms with Gasteiger partial charge in [0, 0.05) is 11.1 Å². The molecule has 1 aromatic rings. The molecule has 2 rings (SSSR count). The predicted octanol–water partition coefficient (Wildman–Crippen LogP) is 2.03. The number of hydrogen-bond acceptors (Lipinski definition) is 4. The average molecular weight is 295 g/mol. The van der Waals surface area contributed by atoms with Crippen molar-refractivity contribution in [2.24, 2.45) is 0 Å². The van der Waals surface area contributed by atoms with Gasteiger partial charge in [0.25, 0.3) is 0 Å². The Kier molecular flexibility index (Phi) is 4.13. The van der Waals surface area contributed by atoms with Crippen molar-refractivity contribution in [2.75, 3.05) is 6.54 Å². The van der Waals surface area contributed by atoms with Crippen molar-refractivity contribution < 1.29 is 9.59 Å². The molecule has 5 nitrogen and oxygen atoms in total. The first-order valence-corrected chi connectivity index (χ1v) is 7.79. The van der Waals surface area contributed by atoms with Crippen molar-refractivity contribution in [2.45, 2.75) is 52.1 Å². The summed E-state index contributed by atoms with van der Waals surface area (Å²) in [7, 11) is 0. The van der Waals surface area contributed by atoms with Crippen LogP contribution in [0.3, 0.4) is 0 Å². The van der Waals surface area contributed by atoms with Gasteiger partial charge in [-0.1, -0.05) is 13.8 Å². The Hall–Kier alpha value is -1.43. The van der Waals surface area contributed by atoms with Crippen molar-refractivity contribution >= 4 is 23.2 Å². The lowest BCUT2D eigenvalue weighted by Crippen LogP contribution is -2.66. The van der Waals surface area contributed by atoms with Crippen LogP contribution in [0.15, 0.2) is 6.20 Å². The highest BCUT2D eigenvalue weighted by molar-refractivity contribution is 7.11. The molecule has 1 fully saturated rings. The Bertz CT molecular complexity index is 522. The van der Waals surface area contributed by atoms with Crippen LogP contribution < -0.4 is 5.32 Å². The molecule has 0 radical (unpaired) electrons. The minimum Gasteiger partial charge on any atom is -0.340 e. The van der Waals surface area contributed by atoms with E-state index in [9.17, 15) is 9.59 Å². The molecule has 20 heavy (non-hydrogen) atoms. The first-order valence-electron chi connectivity index (χ1n) is 6.98. The minimum absolute atomic E-state index is 0.00227. The third-order valence-electron chi connectivity index (χ3n) is 4.03. The maximum absolute atomic E-state index is 12.8. The van der Waals surface area contributed by atoms with E-state index in [1.807, 2.05) is 27.7 Å². The van der Waals surface area contributed by atoms with E-state index >= 15 is 0 Å². The normalized spacial score (nSPS) is 19.9. The van der Waals surface area contributed by atoms with Gasteiger partial charge in [0.15, 0.2) is 0 Å². The van der Waals surface area contributed by atoms with Gasteiger partial charge in [-0.15, -0.1) is 11.3 Å². The molecular formula is C14H21N3O2S. The van der Waals surface area contributed by atoms with E-state index in [4.69, 9.17) is 0 Å². The zero-order valence-electron chi connectivity index (χ0n) is 12.4. The van der Waals surface area contributed by atoms with Crippen LogP contribution in [0.25, 0.3) is 0 Å². The Morgan fingerprint density at radius 1 is 1.45 bits per heavy atom. The SMILES string of the molecule is CCC1(CC)NC(=O)CN(C(C)c2ncc(C)s2)C1=O. The number of rotatable bonds is 4. The molecule has 1 aromatic heterocycles. The Labute approximate surface area is 123 Å². The molecule has 0 aromatic carbocycles. The first-order chi connectivity index (χ1) is 9.43. The molecule has 0 aliphatic carbocycles. The average Bonchev–Trinajstić information content (AvgIpc) is 2.87. The van der Waals surface area contributed by atoms with E-state index in [2.05, 4.69) is 10.3 Å². The zero-order chi connectivity index (χ0) is 14.9. The number of aromatic nitrogens is 1. The molecular weight excluding hydrogens is 274 g/mol. The van der Waals surface area contributed by atoms with E-state index in [0.29, 0.717) is 12.8 Å². The summed E-state index contributed by atoms with van der Waals surface area (Å²) in [5.41, 5.74) is -0.754. The topological polar surface area (TPSA) is 62.3 Å². The third kappa shape index (κ3) is 2.44. The van der Waals surface area contributed by atoms with Gasteiger partial charge in [-0.05, 0) is 26.7 Å². The number of nitrogens with zero attached hydrogens (tertiary/aromatic N) is 2. The number of nitrogens with one attached hydrogen (secondary N) is 1. The van der Waals surface area contributed by atoms with Crippen molar-refractivity contribution in [3.05, 3.63) is 16.1 Å². The number of hydrogen-bond donors (Lipinski definition) is 1. The van der Waals surface area contributed by atoms with Crippen molar-refractivity contribution in [3.63, 3.8) is 0 Å². The van der Waals surface area contributed by atoms with E-state index in [1.165, 1.54) is 0 Å². The van der Waals surface area contributed by atoms with Gasteiger partial charge in [0.2, 0.25) is 11.8 Å². The van der Waals surface area contributed by atoms with Crippen LogP contribution in [-0.4, -0.2) is 33.8 Å². The molecule has 1 atom stereocenters. The van der Waals surface area contributed by atoms with Crippen LogP contribution in [0, 0.1) is 6.92 Å². The number of thiazole rings is 1.